The van der Waals surface area contributed by atoms with Gasteiger partial charge < -0.3 is 15.2 Å². The number of quaternary nitrogens is 1. The lowest BCUT2D eigenvalue weighted by atomic mass is 10.0. The molecule has 118 valence electrons. The highest BCUT2D eigenvalue weighted by atomic mass is 16.5. The maximum atomic E-state index is 10.1. The van der Waals surface area contributed by atoms with E-state index in [-0.39, 0.29) is 6.10 Å². The molecule has 0 aliphatic carbocycles. The fourth-order valence-corrected chi connectivity index (χ4v) is 2.43. The molecule has 3 nitrogen and oxygen atoms in total. The first-order chi connectivity index (χ1) is 10.8. The molecule has 0 spiro atoms. The number of aliphatic hydroxyl groups is 1. The molecule has 0 fully saturated rings. The number of ether oxygens (including phenoxy) is 1. The highest BCUT2D eigenvalue weighted by Crippen LogP contribution is 2.25. The predicted molar refractivity (Wildman–Crippen MR) is 88.6 cm³/mol. The first-order valence-electron chi connectivity index (χ1n) is 8.02. The van der Waals surface area contributed by atoms with E-state index in [9.17, 15) is 5.11 Å². The largest absolute Gasteiger partial charge is 0.385 e. The van der Waals surface area contributed by atoms with Crippen molar-refractivity contribution in [1.82, 2.24) is 0 Å². The van der Waals surface area contributed by atoms with E-state index in [1.165, 1.54) is 0 Å². The molecule has 0 amide bonds. The van der Waals surface area contributed by atoms with Crippen molar-refractivity contribution in [3.8, 4) is 0 Å². The number of aliphatic hydroxyl groups excluding tert-OH is 1. The SMILES string of the molecule is CCC[NH2+]C[C@H](O)COC(c1ccccc1)c1ccccc1. The van der Waals surface area contributed by atoms with Crippen LogP contribution >= 0.6 is 0 Å². The van der Waals surface area contributed by atoms with Crippen LogP contribution in [0.15, 0.2) is 60.7 Å². The summed E-state index contributed by atoms with van der Waals surface area (Å²) < 4.78 is 6.04. The Morgan fingerprint density at radius 2 is 1.50 bits per heavy atom. The molecule has 0 unspecified atom stereocenters. The minimum absolute atomic E-state index is 0.136. The van der Waals surface area contributed by atoms with Gasteiger partial charge >= 0.3 is 0 Å². The van der Waals surface area contributed by atoms with Crippen LogP contribution in [-0.4, -0.2) is 30.9 Å². The van der Waals surface area contributed by atoms with Crippen LogP contribution < -0.4 is 5.32 Å². The number of hydrogen-bond acceptors (Lipinski definition) is 2. The molecule has 0 radical (unpaired) electrons. The van der Waals surface area contributed by atoms with E-state index in [0.29, 0.717) is 13.2 Å². The van der Waals surface area contributed by atoms with Crippen LogP contribution in [0.4, 0.5) is 0 Å². The van der Waals surface area contributed by atoms with Crippen LogP contribution in [0.1, 0.15) is 30.6 Å². The molecule has 0 bridgehead atoms. The lowest BCUT2D eigenvalue weighted by molar-refractivity contribution is -0.661. The second-order valence-electron chi connectivity index (χ2n) is 5.50. The number of benzene rings is 2. The summed E-state index contributed by atoms with van der Waals surface area (Å²) in [6, 6.07) is 20.3. The van der Waals surface area contributed by atoms with Crippen molar-refractivity contribution < 1.29 is 15.2 Å². The fraction of sp³-hybridized carbons (Fsp3) is 0.368. The zero-order chi connectivity index (χ0) is 15.6. The molecule has 0 saturated carbocycles. The zero-order valence-corrected chi connectivity index (χ0v) is 13.2. The van der Waals surface area contributed by atoms with E-state index < -0.39 is 6.10 Å². The summed E-state index contributed by atoms with van der Waals surface area (Å²) in [5, 5.41) is 12.2. The molecule has 22 heavy (non-hydrogen) atoms. The Morgan fingerprint density at radius 3 is 2.00 bits per heavy atom. The third-order valence-corrected chi connectivity index (χ3v) is 3.59. The van der Waals surface area contributed by atoms with Crippen LogP contribution in [-0.2, 0) is 4.74 Å². The molecule has 2 aromatic carbocycles. The average Bonchev–Trinajstić information content (AvgIpc) is 2.57. The third kappa shape index (κ3) is 5.26. The topological polar surface area (TPSA) is 46.1 Å². The second kappa shape index (κ2) is 9.36. The summed E-state index contributed by atoms with van der Waals surface area (Å²) in [7, 11) is 0. The van der Waals surface area contributed by atoms with Gasteiger partial charge in [0, 0.05) is 0 Å². The fourth-order valence-electron chi connectivity index (χ4n) is 2.43. The highest BCUT2D eigenvalue weighted by Gasteiger charge is 2.16. The lowest BCUT2D eigenvalue weighted by Crippen LogP contribution is -2.86. The van der Waals surface area contributed by atoms with E-state index in [2.05, 4.69) is 36.5 Å². The molecule has 2 aromatic rings. The summed E-state index contributed by atoms with van der Waals surface area (Å²) in [6.45, 7) is 4.21. The van der Waals surface area contributed by atoms with Crippen LogP contribution in [0, 0.1) is 0 Å². The molecule has 3 N–H and O–H groups in total. The number of hydrogen-bond donors (Lipinski definition) is 2. The van der Waals surface area contributed by atoms with Gasteiger partial charge in [0.15, 0.2) is 0 Å². The van der Waals surface area contributed by atoms with Crippen LogP contribution in [0.3, 0.4) is 0 Å². The van der Waals surface area contributed by atoms with Gasteiger partial charge in [-0.3, -0.25) is 0 Å². The quantitative estimate of drug-likeness (QED) is 0.697. The van der Waals surface area contributed by atoms with Crippen molar-refractivity contribution in [3.05, 3.63) is 71.8 Å². The smallest absolute Gasteiger partial charge is 0.126 e. The Labute approximate surface area is 133 Å². The Kier molecular flexibility index (Phi) is 7.10. The second-order valence-corrected chi connectivity index (χ2v) is 5.50. The van der Waals surface area contributed by atoms with Crippen LogP contribution in [0.25, 0.3) is 0 Å². The van der Waals surface area contributed by atoms with Gasteiger partial charge in [-0.15, -0.1) is 0 Å². The van der Waals surface area contributed by atoms with Gasteiger partial charge in [-0.2, -0.15) is 0 Å². The van der Waals surface area contributed by atoms with Crippen molar-refractivity contribution in [2.45, 2.75) is 25.6 Å². The van der Waals surface area contributed by atoms with Crippen molar-refractivity contribution in [2.24, 2.45) is 0 Å². The Balaban J connectivity index is 2.00. The molecule has 0 aliphatic rings. The van der Waals surface area contributed by atoms with Gasteiger partial charge in [0.2, 0.25) is 0 Å². The van der Waals surface area contributed by atoms with E-state index >= 15 is 0 Å². The summed E-state index contributed by atoms with van der Waals surface area (Å²) >= 11 is 0. The number of rotatable bonds is 9. The molecule has 3 heteroatoms. The van der Waals surface area contributed by atoms with Gasteiger partial charge in [0.05, 0.1) is 13.2 Å². The minimum Gasteiger partial charge on any atom is -0.385 e. The molecule has 0 heterocycles. The normalized spacial score (nSPS) is 12.5. The van der Waals surface area contributed by atoms with E-state index in [0.717, 1.165) is 24.1 Å². The van der Waals surface area contributed by atoms with Gasteiger partial charge in [0.1, 0.15) is 18.8 Å². The average molecular weight is 300 g/mol. The first kappa shape index (κ1) is 16.7. The van der Waals surface area contributed by atoms with E-state index in [1.54, 1.807) is 0 Å². The Bertz CT molecular complexity index is 476. The lowest BCUT2D eigenvalue weighted by Gasteiger charge is -2.20. The molecule has 0 aliphatic heterocycles. The van der Waals surface area contributed by atoms with Crippen molar-refractivity contribution in [2.75, 3.05) is 19.7 Å². The molecule has 2 rings (SSSR count). The van der Waals surface area contributed by atoms with E-state index in [4.69, 9.17) is 4.74 Å². The monoisotopic (exact) mass is 300 g/mol. The van der Waals surface area contributed by atoms with Gasteiger partial charge in [-0.1, -0.05) is 67.6 Å². The zero-order valence-electron chi connectivity index (χ0n) is 13.2. The van der Waals surface area contributed by atoms with Gasteiger partial charge in [-0.25, -0.2) is 0 Å². The third-order valence-electron chi connectivity index (χ3n) is 3.59. The van der Waals surface area contributed by atoms with Crippen LogP contribution in [0.2, 0.25) is 0 Å². The number of nitrogens with two attached hydrogens (primary N) is 1. The van der Waals surface area contributed by atoms with Crippen molar-refractivity contribution in [1.29, 1.82) is 0 Å². The maximum absolute atomic E-state index is 10.1. The van der Waals surface area contributed by atoms with Gasteiger partial charge in [0.25, 0.3) is 0 Å². The molecule has 1 atom stereocenters. The molecule has 0 saturated heterocycles. The minimum atomic E-state index is -0.443. The van der Waals surface area contributed by atoms with Crippen LogP contribution in [0.5, 0.6) is 0 Å². The molecular formula is C19H26NO2+. The molecular weight excluding hydrogens is 274 g/mol. The maximum Gasteiger partial charge on any atom is 0.126 e. The van der Waals surface area contributed by atoms with Gasteiger partial charge in [-0.05, 0) is 17.5 Å². The summed E-state index contributed by atoms with van der Waals surface area (Å²) in [6.07, 6.45) is 0.536. The molecule has 0 aromatic heterocycles. The van der Waals surface area contributed by atoms with Crippen molar-refractivity contribution >= 4 is 0 Å². The summed E-state index contributed by atoms with van der Waals surface area (Å²) in [5.41, 5.74) is 2.22. The summed E-state index contributed by atoms with van der Waals surface area (Å²) in [4.78, 5) is 0. The summed E-state index contributed by atoms with van der Waals surface area (Å²) in [5.74, 6) is 0. The first-order valence-corrected chi connectivity index (χ1v) is 8.02. The highest BCUT2D eigenvalue weighted by molar-refractivity contribution is 5.29. The van der Waals surface area contributed by atoms with Crippen molar-refractivity contribution in [3.63, 3.8) is 0 Å². The predicted octanol–water partition coefficient (Wildman–Crippen LogP) is 2.13. The standard InChI is InChI=1S/C19H25NO2/c1-2-13-20-14-18(21)15-22-19(16-9-5-3-6-10-16)17-11-7-4-8-12-17/h3-12,18-21H,2,13-15H2,1H3/p+1/t18-/m0/s1. The Morgan fingerprint density at radius 1 is 0.955 bits per heavy atom. The van der Waals surface area contributed by atoms with E-state index in [1.807, 2.05) is 36.4 Å². The Hall–Kier alpha value is -1.68.